The SMILES string of the molecule is Cc1cc(/C(O)=C2/C(=O)C(=O)N(Cc3cccc(C(F)(F)F)c3)C2c2cccs2)ccc1OCc1ccccc1. The van der Waals surface area contributed by atoms with Gasteiger partial charge >= 0.3 is 6.18 Å². The third-order valence-electron chi connectivity index (χ3n) is 6.65. The summed E-state index contributed by atoms with van der Waals surface area (Å²) in [7, 11) is 0. The largest absolute Gasteiger partial charge is 0.507 e. The predicted molar refractivity (Wildman–Crippen MR) is 146 cm³/mol. The second-order valence-electron chi connectivity index (χ2n) is 9.40. The Kier molecular flexibility index (Phi) is 7.49. The molecule has 4 aromatic rings. The van der Waals surface area contributed by atoms with Crippen LogP contribution in [0.2, 0.25) is 0 Å². The predicted octanol–water partition coefficient (Wildman–Crippen LogP) is 7.28. The summed E-state index contributed by atoms with van der Waals surface area (Å²) in [5.74, 6) is -1.55. The third kappa shape index (κ3) is 5.51. The Morgan fingerprint density at radius 2 is 1.70 bits per heavy atom. The quantitative estimate of drug-likeness (QED) is 0.146. The van der Waals surface area contributed by atoms with E-state index in [4.69, 9.17) is 4.74 Å². The summed E-state index contributed by atoms with van der Waals surface area (Å²) in [4.78, 5) is 28.2. The Morgan fingerprint density at radius 1 is 0.950 bits per heavy atom. The molecule has 5 rings (SSSR count). The highest BCUT2D eigenvalue weighted by molar-refractivity contribution is 7.10. The number of carbonyl (C=O) groups is 2. The number of amides is 1. The van der Waals surface area contributed by atoms with Crippen LogP contribution in [0.5, 0.6) is 5.75 Å². The Hall–Kier alpha value is -4.37. The van der Waals surface area contributed by atoms with Crippen molar-refractivity contribution in [3.05, 3.63) is 129 Å². The van der Waals surface area contributed by atoms with E-state index in [0.29, 0.717) is 28.4 Å². The van der Waals surface area contributed by atoms with Crippen molar-refractivity contribution in [3.63, 3.8) is 0 Å². The van der Waals surface area contributed by atoms with Crippen molar-refractivity contribution in [2.75, 3.05) is 0 Å². The summed E-state index contributed by atoms with van der Waals surface area (Å²) in [6.45, 7) is 1.92. The molecule has 0 spiro atoms. The molecule has 204 valence electrons. The lowest BCUT2D eigenvalue weighted by Crippen LogP contribution is -2.29. The van der Waals surface area contributed by atoms with Crippen LogP contribution < -0.4 is 4.74 Å². The average Bonchev–Trinajstić information content (AvgIpc) is 3.55. The number of aliphatic hydroxyl groups is 1. The van der Waals surface area contributed by atoms with Crippen LogP contribution in [-0.4, -0.2) is 21.7 Å². The lowest BCUT2D eigenvalue weighted by molar-refractivity contribution is -0.140. The highest BCUT2D eigenvalue weighted by Gasteiger charge is 2.46. The number of alkyl halides is 3. The highest BCUT2D eigenvalue weighted by atomic mass is 32.1. The van der Waals surface area contributed by atoms with Crippen molar-refractivity contribution in [2.45, 2.75) is 32.3 Å². The number of aryl methyl sites for hydroxylation is 1. The number of ether oxygens (including phenoxy) is 1. The normalized spacial score (nSPS) is 16.9. The summed E-state index contributed by atoms with van der Waals surface area (Å²) in [6, 6.07) is 21.7. The molecule has 0 aliphatic carbocycles. The van der Waals surface area contributed by atoms with Gasteiger partial charge in [0.2, 0.25) is 0 Å². The van der Waals surface area contributed by atoms with E-state index in [2.05, 4.69) is 0 Å². The molecule has 0 radical (unpaired) electrons. The monoisotopic (exact) mass is 563 g/mol. The van der Waals surface area contributed by atoms with Gasteiger partial charge in [-0.3, -0.25) is 9.59 Å². The fraction of sp³-hybridized carbons (Fsp3) is 0.161. The second kappa shape index (κ2) is 11.0. The van der Waals surface area contributed by atoms with E-state index >= 15 is 0 Å². The first-order chi connectivity index (χ1) is 19.1. The van der Waals surface area contributed by atoms with Gasteiger partial charge in [0.1, 0.15) is 18.1 Å². The molecule has 0 bridgehead atoms. The van der Waals surface area contributed by atoms with Gasteiger partial charge in [0.15, 0.2) is 0 Å². The van der Waals surface area contributed by atoms with Crippen LogP contribution in [0.4, 0.5) is 13.2 Å². The molecular formula is C31H24F3NO4S. The molecule has 2 heterocycles. The van der Waals surface area contributed by atoms with Crippen LogP contribution in [-0.2, 0) is 28.9 Å². The molecule has 0 saturated carbocycles. The number of nitrogens with zero attached hydrogens (tertiary/aromatic N) is 1. The number of thiophene rings is 1. The number of aliphatic hydroxyl groups excluding tert-OH is 1. The van der Waals surface area contributed by atoms with Crippen molar-refractivity contribution >= 4 is 28.8 Å². The minimum Gasteiger partial charge on any atom is -0.507 e. The van der Waals surface area contributed by atoms with E-state index < -0.39 is 29.5 Å². The Morgan fingerprint density at radius 3 is 2.38 bits per heavy atom. The lowest BCUT2D eigenvalue weighted by atomic mass is 9.98. The maximum Gasteiger partial charge on any atom is 0.416 e. The molecule has 1 fully saturated rings. The van der Waals surface area contributed by atoms with Gasteiger partial charge in [-0.25, -0.2) is 0 Å². The Balaban J connectivity index is 1.48. The standard InChI is InChI=1S/C31H24F3NO4S/c1-19-15-22(12-13-24(19)39-18-20-7-3-2-4-8-20)28(36)26-27(25-11-6-14-40-25)35(30(38)29(26)37)17-21-9-5-10-23(16-21)31(32,33)34/h2-16,27,36H,17-18H2,1H3/b28-26-. The lowest BCUT2D eigenvalue weighted by Gasteiger charge is -2.24. The summed E-state index contributed by atoms with van der Waals surface area (Å²) in [6.07, 6.45) is -4.55. The van der Waals surface area contributed by atoms with E-state index in [0.717, 1.165) is 17.7 Å². The maximum absolute atomic E-state index is 13.3. The highest BCUT2D eigenvalue weighted by Crippen LogP contribution is 2.42. The van der Waals surface area contributed by atoms with Gasteiger partial charge in [-0.05, 0) is 65.4 Å². The van der Waals surface area contributed by atoms with Gasteiger partial charge in [0, 0.05) is 17.0 Å². The first kappa shape index (κ1) is 27.2. The van der Waals surface area contributed by atoms with E-state index in [1.807, 2.05) is 30.3 Å². The van der Waals surface area contributed by atoms with E-state index in [1.54, 1.807) is 42.6 Å². The van der Waals surface area contributed by atoms with Gasteiger partial charge < -0.3 is 14.7 Å². The molecule has 1 aromatic heterocycles. The fourth-order valence-corrected chi connectivity index (χ4v) is 5.52. The molecule has 1 N–H and O–H groups in total. The van der Waals surface area contributed by atoms with Crippen LogP contribution in [0.3, 0.4) is 0 Å². The number of halogens is 3. The van der Waals surface area contributed by atoms with E-state index in [9.17, 15) is 27.9 Å². The summed E-state index contributed by atoms with van der Waals surface area (Å²) >= 11 is 1.28. The fourth-order valence-electron chi connectivity index (χ4n) is 4.68. The zero-order chi connectivity index (χ0) is 28.4. The van der Waals surface area contributed by atoms with Gasteiger partial charge in [0.25, 0.3) is 11.7 Å². The van der Waals surface area contributed by atoms with Crippen LogP contribution in [0, 0.1) is 6.92 Å². The van der Waals surface area contributed by atoms with E-state index in [-0.39, 0.29) is 23.4 Å². The molecular weight excluding hydrogens is 539 g/mol. The number of hydrogen-bond donors (Lipinski definition) is 1. The second-order valence-corrected chi connectivity index (χ2v) is 10.4. The molecule has 1 amide bonds. The molecule has 1 atom stereocenters. The molecule has 40 heavy (non-hydrogen) atoms. The van der Waals surface area contributed by atoms with Crippen molar-refractivity contribution in [1.29, 1.82) is 0 Å². The van der Waals surface area contributed by atoms with E-state index in [1.165, 1.54) is 28.4 Å². The number of rotatable bonds is 7. The topological polar surface area (TPSA) is 66.8 Å². The van der Waals surface area contributed by atoms with Crippen LogP contribution in [0.1, 0.15) is 38.7 Å². The Labute approximate surface area is 232 Å². The zero-order valence-corrected chi connectivity index (χ0v) is 22.1. The summed E-state index contributed by atoms with van der Waals surface area (Å²) in [5.41, 5.74) is 1.28. The summed E-state index contributed by atoms with van der Waals surface area (Å²) < 4.78 is 45.8. The van der Waals surface area contributed by atoms with Gasteiger partial charge in [-0.15, -0.1) is 11.3 Å². The number of carbonyl (C=O) groups excluding carboxylic acids is 2. The van der Waals surface area contributed by atoms with Gasteiger partial charge in [0.05, 0.1) is 17.2 Å². The molecule has 1 aliphatic heterocycles. The van der Waals surface area contributed by atoms with Crippen molar-refractivity contribution in [2.24, 2.45) is 0 Å². The molecule has 9 heteroatoms. The van der Waals surface area contributed by atoms with Gasteiger partial charge in [-0.1, -0.05) is 48.5 Å². The Bertz CT molecular complexity index is 1580. The zero-order valence-electron chi connectivity index (χ0n) is 21.3. The maximum atomic E-state index is 13.3. The van der Waals surface area contributed by atoms with Crippen molar-refractivity contribution in [3.8, 4) is 5.75 Å². The number of ketones is 1. The molecule has 1 saturated heterocycles. The number of hydrogen-bond acceptors (Lipinski definition) is 5. The molecule has 5 nitrogen and oxygen atoms in total. The number of benzene rings is 3. The first-order valence-corrected chi connectivity index (χ1v) is 13.3. The van der Waals surface area contributed by atoms with Crippen LogP contribution in [0.25, 0.3) is 5.76 Å². The minimum absolute atomic E-state index is 0.114. The molecule has 1 unspecified atom stereocenters. The number of Topliss-reactive ketones (excluding diaryl/α,β-unsaturated/α-hetero) is 1. The first-order valence-electron chi connectivity index (χ1n) is 12.4. The minimum atomic E-state index is -4.55. The molecule has 3 aromatic carbocycles. The van der Waals surface area contributed by atoms with Crippen molar-refractivity contribution < 1.29 is 32.6 Å². The van der Waals surface area contributed by atoms with Gasteiger partial charge in [-0.2, -0.15) is 13.2 Å². The smallest absolute Gasteiger partial charge is 0.416 e. The average molecular weight is 564 g/mol. The van der Waals surface area contributed by atoms with Crippen LogP contribution in [0.15, 0.2) is 95.9 Å². The summed E-state index contributed by atoms with van der Waals surface area (Å²) in [5, 5.41) is 13.1. The molecule has 1 aliphatic rings. The van der Waals surface area contributed by atoms with Crippen LogP contribution >= 0.6 is 11.3 Å². The third-order valence-corrected chi connectivity index (χ3v) is 7.57. The number of likely N-dealkylation sites (tertiary alicyclic amines) is 1. The van der Waals surface area contributed by atoms with Crippen molar-refractivity contribution in [1.82, 2.24) is 4.90 Å².